The Balaban J connectivity index is 1.13. The second-order valence-electron chi connectivity index (χ2n) is 21.4. The number of ether oxygens (including phenoxy) is 3. The van der Waals surface area contributed by atoms with Crippen molar-refractivity contribution in [3.05, 3.63) is 70.3 Å². The number of thiazole rings is 1. The minimum atomic E-state index is -4.60. The molecule has 3 saturated heterocycles. The maximum Gasteiger partial charge on any atom is 0.406 e. The number of hydrazine groups is 1. The van der Waals surface area contributed by atoms with Crippen molar-refractivity contribution in [2.24, 2.45) is 11.3 Å². The number of hydrogen-bond donors (Lipinski definition) is 2. The molecule has 0 saturated carbocycles. The van der Waals surface area contributed by atoms with E-state index in [0.717, 1.165) is 0 Å². The number of carbonyl (C=O) groups is 5. The molecule has 4 aliphatic heterocycles. The molecule has 0 radical (unpaired) electrons. The van der Waals surface area contributed by atoms with Crippen molar-refractivity contribution in [1.29, 1.82) is 0 Å². The number of rotatable bonds is 11. The van der Waals surface area contributed by atoms with Crippen LogP contribution < -0.4 is 10.7 Å². The highest BCUT2D eigenvalue weighted by Crippen LogP contribution is 2.43. The molecule has 0 unspecified atom stereocenters. The average molecular weight is 1060 g/mol. The molecule has 6 bridgehead atoms. The number of benzene rings is 1. The normalized spacial score (nSPS) is 22.3. The SMILES string of the molecule is CO[C@@H](C)c1ncccc1-c1c2c3cc(ccc3n1CC(F)(F)F)-c1csc(n1)C[C@H](NC(=O)[C@H](C(C)C)N(C)C(=O)N1C[C@@H]3OCCN(C(=O)/C=C/CN(C)C)[C@@H]3C1)C(=O)N1CCC[C@H](N1)C(=O)OCC(C)(C)C2. The van der Waals surface area contributed by atoms with E-state index in [-0.39, 0.29) is 51.0 Å². The van der Waals surface area contributed by atoms with Gasteiger partial charge in [-0.15, -0.1) is 11.3 Å². The van der Waals surface area contributed by atoms with Gasteiger partial charge in [-0.25, -0.2) is 15.2 Å². The second-order valence-corrected chi connectivity index (χ2v) is 22.3. The van der Waals surface area contributed by atoms with Gasteiger partial charge in [0.2, 0.25) is 11.8 Å². The number of likely N-dealkylation sites (N-methyl/N-ethyl adjacent to an activating group) is 2. The van der Waals surface area contributed by atoms with Crippen molar-refractivity contribution in [1.82, 2.24) is 49.9 Å². The van der Waals surface area contributed by atoms with Crippen LogP contribution in [-0.4, -0.2) is 180 Å². The van der Waals surface area contributed by atoms with Crippen LogP contribution in [0.4, 0.5) is 18.0 Å². The molecule has 406 valence electrons. The number of urea groups is 1. The molecule has 3 fully saturated rings. The minimum Gasteiger partial charge on any atom is -0.464 e. The van der Waals surface area contributed by atoms with Crippen molar-refractivity contribution in [3.63, 3.8) is 0 Å². The first-order valence-corrected chi connectivity index (χ1v) is 26.4. The van der Waals surface area contributed by atoms with Gasteiger partial charge in [-0.1, -0.05) is 39.8 Å². The number of likely N-dealkylation sites (tertiary alicyclic amines) is 1. The summed E-state index contributed by atoms with van der Waals surface area (Å²) in [6.07, 6.45) is 0.255. The van der Waals surface area contributed by atoms with Crippen LogP contribution in [0.3, 0.4) is 0 Å². The summed E-state index contributed by atoms with van der Waals surface area (Å²) in [6, 6.07) is 4.62. The van der Waals surface area contributed by atoms with E-state index in [0.29, 0.717) is 82.2 Å². The number of fused-ring (bicyclic) bond motifs is 7. The van der Waals surface area contributed by atoms with Gasteiger partial charge in [-0.2, -0.15) is 13.2 Å². The lowest BCUT2D eigenvalue weighted by atomic mass is 9.84. The third-order valence-corrected chi connectivity index (χ3v) is 15.3. The predicted molar refractivity (Wildman–Crippen MR) is 276 cm³/mol. The molecule has 18 nitrogen and oxygen atoms in total. The number of morpholine rings is 1. The number of nitrogens with zero attached hydrogens (tertiary/aromatic N) is 8. The van der Waals surface area contributed by atoms with Crippen LogP contribution in [0.25, 0.3) is 33.4 Å². The summed E-state index contributed by atoms with van der Waals surface area (Å²) in [5, 5.41) is 7.13. The number of carbonyl (C=O) groups excluding carboxylic acids is 5. The number of hydrogen-bond acceptors (Lipinski definition) is 13. The Morgan fingerprint density at radius 1 is 1.09 bits per heavy atom. The molecule has 2 N–H and O–H groups in total. The van der Waals surface area contributed by atoms with Gasteiger partial charge in [0, 0.05) is 91.9 Å². The summed E-state index contributed by atoms with van der Waals surface area (Å²) in [5.41, 5.74) is 5.55. The zero-order valence-electron chi connectivity index (χ0n) is 44.1. The molecule has 8 rings (SSSR count). The molecule has 3 aromatic heterocycles. The Hall–Kier alpha value is -5.94. The van der Waals surface area contributed by atoms with Crippen molar-refractivity contribution < 1.29 is 51.4 Å². The molecule has 75 heavy (non-hydrogen) atoms. The number of aromatic nitrogens is 3. The Kier molecular flexibility index (Phi) is 16.8. The van der Waals surface area contributed by atoms with Crippen molar-refractivity contribution in [2.45, 2.75) is 109 Å². The first kappa shape index (κ1) is 55.3. The van der Waals surface area contributed by atoms with Gasteiger partial charge in [0.15, 0.2) is 0 Å². The van der Waals surface area contributed by atoms with Gasteiger partial charge in [-0.3, -0.25) is 29.2 Å². The van der Waals surface area contributed by atoms with E-state index in [2.05, 4.69) is 15.7 Å². The molecule has 0 spiro atoms. The Morgan fingerprint density at radius 3 is 2.59 bits per heavy atom. The number of halogens is 3. The van der Waals surface area contributed by atoms with E-state index in [4.69, 9.17) is 19.2 Å². The number of amides is 5. The molecular formula is C53H69F3N10O8S. The van der Waals surface area contributed by atoms with Crippen LogP contribution in [-0.2, 0) is 52.8 Å². The number of pyridine rings is 1. The molecule has 0 aliphatic carbocycles. The zero-order chi connectivity index (χ0) is 54.1. The summed E-state index contributed by atoms with van der Waals surface area (Å²) in [4.78, 5) is 87.3. The topological polar surface area (TPSA) is 184 Å². The maximum absolute atomic E-state index is 14.8. The van der Waals surface area contributed by atoms with Gasteiger partial charge < -0.3 is 43.7 Å². The van der Waals surface area contributed by atoms with Gasteiger partial charge in [0.1, 0.15) is 24.7 Å². The molecule has 6 atom stereocenters. The summed E-state index contributed by atoms with van der Waals surface area (Å²) >= 11 is 1.26. The standard InChI is InChI=1S/C53H69F3N10O8S/c1-31(2)46(62(8)51(71)63-26-41-42(27-63)73-22-21-64(41)44(67)15-12-19-61(6)7)48(68)59-38-24-43-58-39(28-75-43)33-16-17-40-35(23-33)36(25-52(4,5)30-74-50(70)37-14-11-20-66(60-37)49(38)69)47(65(40)29-53(54,55)56)34-13-10-18-57-45(34)32(3)72-9/h10,12-13,15-18,23,28,31-32,37-38,41-42,46,60H,11,14,19-22,24-27,29-30H2,1-9H3,(H,59,68)/b15-12+/t32-,37-,38-,41+,42-,46-/m0/s1. The highest BCUT2D eigenvalue weighted by atomic mass is 32.1. The van der Waals surface area contributed by atoms with Crippen LogP contribution in [0.5, 0.6) is 0 Å². The minimum absolute atomic E-state index is 0.0695. The lowest BCUT2D eigenvalue weighted by Gasteiger charge is -2.37. The van der Waals surface area contributed by atoms with Crippen LogP contribution in [0.2, 0.25) is 0 Å². The van der Waals surface area contributed by atoms with Crippen molar-refractivity contribution in [2.75, 3.05) is 74.2 Å². The van der Waals surface area contributed by atoms with Gasteiger partial charge in [0.25, 0.3) is 5.91 Å². The fourth-order valence-corrected chi connectivity index (χ4v) is 11.5. The molecule has 7 heterocycles. The van der Waals surface area contributed by atoms with Crippen LogP contribution in [0, 0.1) is 11.3 Å². The van der Waals surface area contributed by atoms with E-state index in [1.54, 1.807) is 66.4 Å². The number of nitrogens with one attached hydrogen (secondary N) is 2. The van der Waals surface area contributed by atoms with Crippen molar-refractivity contribution in [3.8, 4) is 22.5 Å². The fraction of sp³-hybridized carbons (Fsp3) is 0.566. The summed E-state index contributed by atoms with van der Waals surface area (Å²) in [5.74, 6) is -2.31. The molecule has 22 heteroatoms. The Bertz CT molecular complexity index is 2800. The Labute approximate surface area is 439 Å². The highest BCUT2D eigenvalue weighted by molar-refractivity contribution is 7.10. The molecule has 1 aromatic carbocycles. The van der Waals surface area contributed by atoms with E-state index in [1.807, 2.05) is 58.1 Å². The number of methoxy groups -OCH3 is 1. The van der Waals surface area contributed by atoms with Gasteiger partial charge >= 0.3 is 18.2 Å². The molecule has 5 amide bonds. The van der Waals surface area contributed by atoms with Crippen LogP contribution in [0.1, 0.15) is 69.8 Å². The van der Waals surface area contributed by atoms with Crippen LogP contribution >= 0.6 is 11.3 Å². The quantitative estimate of drug-likeness (QED) is 0.135. The van der Waals surface area contributed by atoms with Crippen LogP contribution in [0.15, 0.2) is 54.1 Å². The predicted octanol–water partition coefficient (Wildman–Crippen LogP) is 5.85. The lowest BCUT2D eigenvalue weighted by Crippen LogP contribution is -2.62. The van der Waals surface area contributed by atoms with Gasteiger partial charge in [-0.05, 0) is 76.0 Å². The maximum atomic E-state index is 14.8. The van der Waals surface area contributed by atoms with E-state index in [1.165, 1.54) is 32.9 Å². The monoisotopic (exact) mass is 1060 g/mol. The lowest BCUT2D eigenvalue weighted by molar-refractivity contribution is -0.155. The van der Waals surface area contributed by atoms with E-state index in [9.17, 15) is 37.1 Å². The first-order valence-electron chi connectivity index (χ1n) is 25.5. The third kappa shape index (κ3) is 12.4. The molecular weight excluding hydrogens is 994 g/mol. The van der Waals surface area contributed by atoms with Gasteiger partial charge in [0.05, 0.1) is 60.1 Å². The second kappa shape index (κ2) is 22.7. The van der Waals surface area contributed by atoms with Crippen molar-refractivity contribution >= 4 is 52.0 Å². The third-order valence-electron chi connectivity index (χ3n) is 14.4. The summed E-state index contributed by atoms with van der Waals surface area (Å²) in [6.45, 7) is 9.71. The van der Waals surface area contributed by atoms with E-state index < -0.39 is 78.2 Å². The Morgan fingerprint density at radius 2 is 1.87 bits per heavy atom. The first-order chi connectivity index (χ1) is 35.5. The number of esters is 1. The number of cyclic esters (lactones) is 1. The average Bonchev–Trinajstić information content (AvgIpc) is 4.11. The molecule has 4 aromatic rings. The zero-order valence-corrected chi connectivity index (χ0v) is 44.9. The van der Waals surface area contributed by atoms with E-state index >= 15 is 0 Å². The molecule has 4 aliphatic rings. The summed E-state index contributed by atoms with van der Waals surface area (Å²) < 4.78 is 63.1. The number of alkyl halides is 3. The highest BCUT2D eigenvalue weighted by Gasteiger charge is 2.46. The smallest absolute Gasteiger partial charge is 0.406 e. The fourth-order valence-electron chi connectivity index (χ4n) is 10.7. The summed E-state index contributed by atoms with van der Waals surface area (Å²) in [7, 11) is 6.88. The largest absolute Gasteiger partial charge is 0.464 e.